The van der Waals surface area contributed by atoms with E-state index in [0.717, 1.165) is 20.8 Å². The fraction of sp³-hybridized carbons (Fsp3) is 0.378. The molecule has 48 heavy (non-hydrogen) atoms. The molecule has 1 aliphatic carbocycles. The molecule has 0 N–H and O–H groups in total. The van der Waals surface area contributed by atoms with Gasteiger partial charge in [0, 0.05) is 42.1 Å². The lowest BCUT2D eigenvalue weighted by molar-refractivity contribution is -0.137. The first-order valence-electron chi connectivity index (χ1n) is 23.1. The number of halogens is 4. The number of likely N-dealkylation sites (N-methyl/N-ethyl adjacent to an activating group) is 1. The van der Waals surface area contributed by atoms with Gasteiger partial charge in [0.2, 0.25) is 5.91 Å². The number of thioether (sulfide) groups is 1. The molecule has 254 valence electrons. The highest BCUT2D eigenvalue weighted by Crippen LogP contribution is 2.32. The third-order valence-electron chi connectivity index (χ3n) is 7.28. The fourth-order valence-electron chi connectivity index (χ4n) is 4.84. The number of aromatic nitrogens is 2. The van der Waals surface area contributed by atoms with Crippen LogP contribution in [-0.4, -0.2) is 51.3 Å². The van der Waals surface area contributed by atoms with Crippen molar-refractivity contribution in [2.45, 2.75) is 70.2 Å². The molecule has 1 aromatic heterocycles. The van der Waals surface area contributed by atoms with Crippen molar-refractivity contribution in [2.24, 2.45) is 0 Å². The van der Waals surface area contributed by atoms with Crippen molar-refractivity contribution in [2.75, 3.05) is 26.1 Å². The minimum Gasteiger partial charge on any atom is -0.336 e. The maximum Gasteiger partial charge on any atom is 0.416 e. The number of hydrogen-bond acceptors (Lipinski definition) is 5. The van der Waals surface area contributed by atoms with E-state index < -0.39 is 163 Å². The smallest absolute Gasteiger partial charge is 0.336 e. The van der Waals surface area contributed by atoms with Crippen LogP contribution in [0.3, 0.4) is 0 Å². The van der Waals surface area contributed by atoms with Crippen molar-refractivity contribution in [3.05, 3.63) is 116 Å². The Labute approximate surface area is 306 Å². The van der Waals surface area contributed by atoms with Gasteiger partial charge in [-0.2, -0.15) is 18.2 Å². The third-order valence-corrected chi connectivity index (χ3v) is 8.28. The standard InChI is InChI=1S/C37H40F4N4O2S/c1-4-43(5-2)19-20-44(22-29-12-11-28(21-25(29)3)27-13-15-30(16-14-27)37(39,40)41)34(46)23-45-33-8-6-7-32(33)35(47)42-36(45)48-24-26-9-17-31(38)18-10-26/h9-18,21H,4-8,19-20,22-24H2,1-3H3/i4D2,5D2,9D,10D,11D,12D,13D,14D,15D,16D,17D,18D,21D,22D2. The lowest BCUT2D eigenvalue weighted by Crippen LogP contribution is -2.40. The number of alkyl halides is 3. The van der Waals surface area contributed by atoms with Crippen LogP contribution in [0.4, 0.5) is 17.6 Å². The molecule has 0 radical (unpaired) electrons. The van der Waals surface area contributed by atoms with Crippen LogP contribution in [0.25, 0.3) is 11.1 Å². The van der Waals surface area contributed by atoms with Gasteiger partial charge in [0.15, 0.2) is 5.16 Å². The van der Waals surface area contributed by atoms with Crippen LogP contribution in [0, 0.1) is 12.7 Å². The van der Waals surface area contributed by atoms with Gasteiger partial charge >= 0.3 is 6.18 Å². The van der Waals surface area contributed by atoms with Gasteiger partial charge in [0.05, 0.1) is 23.4 Å². The average Bonchev–Trinajstić information content (AvgIpc) is 3.68. The fourth-order valence-corrected chi connectivity index (χ4v) is 5.74. The Morgan fingerprint density at radius 1 is 1.00 bits per heavy atom. The van der Waals surface area contributed by atoms with Gasteiger partial charge in [0.25, 0.3) is 5.56 Å². The predicted octanol–water partition coefficient (Wildman–Crippen LogP) is 7.53. The largest absolute Gasteiger partial charge is 0.416 e. The zero-order chi connectivity index (χ0) is 49.4. The van der Waals surface area contributed by atoms with Gasteiger partial charge in [-0.25, -0.2) is 4.39 Å². The number of hydrogen-bond donors (Lipinski definition) is 0. The van der Waals surface area contributed by atoms with E-state index >= 15 is 0 Å². The molecule has 0 fully saturated rings. The minimum atomic E-state index is -5.34. The predicted molar refractivity (Wildman–Crippen MR) is 181 cm³/mol. The summed E-state index contributed by atoms with van der Waals surface area (Å²) in [6.45, 7) is -7.56. The molecule has 1 aliphatic rings. The molecule has 1 amide bonds. The van der Waals surface area contributed by atoms with Crippen molar-refractivity contribution in [1.82, 2.24) is 19.4 Å². The zero-order valence-corrected chi connectivity index (χ0v) is 26.8. The Hall–Kier alpha value is -3.96. The SMILES string of the molecule is [2H]c1c([2H])c(CSc2nc(=O)c3c(n2CC(=O)N(CCN(C([2H])([2H])C)C([2H])([2H])C)C([2H])([2H])c2c([2H])c([2H])c(-c4c([2H])c([2H])c(C(F)(F)F)c([2H])c4[2H])c([2H])c2C)CCC3)c([2H])c([2H])c1F. The second-order valence-corrected chi connectivity index (χ2v) is 11.3. The molecular formula is C37H40F4N4O2S. The van der Waals surface area contributed by atoms with E-state index in [9.17, 15) is 29.9 Å². The van der Waals surface area contributed by atoms with Crippen LogP contribution in [0.2, 0.25) is 0 Å². The summed E-state index contributed by atoms with van der Waals surface area (Å²) in [5.41, 5.74) is -5.61. The van der Waals surface area contributed by atoms with E-state index in [-0.39, 0.29) is 34.8 Å². The van der Waals surface area contributed by atoms with Crippen molar-refractivity contribution in [3.8, 4) is 11.1 Å². The third kappa shape index (κ3) is 8.54. The summed E-state index contributed by atoms with van der Waals surface area (Å²) in [6, 6.07) is -12.2. The molecule has 1 heterocycles. The monoisotopic (exact) mass is 697 g/mol. The number of rotatable bonds is 13. The van der Waals surface area contributed by atoms with Crippen molar-refractivity contribution in [1.29, 1.82) is 0 Å². The summed E-state index contributed by atoms with van der Waals surface area (Å²) in [4.78, 5) is 33.2. The molecule has 0 aliphatic heterocycles. The van der Waals surface area contributed by atoms with Gasteiger partial charge in [-0.1, -0.05) is 67.9 Å². The number of amides is 1. The molecule has 11 heteroatoms. The number of nitrogens with zero attached hydrogens (tertiary/aromatic N) is 4. The number of carbonyl (C=O) groups is 1. The molecule has 0 unspecified atom stereocenters. The summed E-state index contributed by atoms with van der Waals surface area (Å²) in [7, 11) is 0. The van der Waals surface area contributed by atoms with E-state index in [1.165, 1.54) is 4.57 Å². The Morgan fingerprint density at radius 3 is 2.35 bits per heavy atom. The lowest BCUT2D eigenvalue weighted by Gasteiger charge is -2.28. The Kier molecular flexibility index (Phi) is 6.23. The van der Waals surface area contributed by atoms with Crippen molar-refractivity contribution >= 4 is 17.7 Å². The van der Waals surface area contributed by atoms with E-state index in [0.29, 0.717) is 28.0 Å². The molecule has 6 nitrogen and oxygen atoms in total. The highest BCUT2D eigenvalue weighted by Gasteiger charge is 2.30. The van der Waals surface area contributed by atoms with E-state index in [1.54, 1.807) is 0 Å². The van der Waals surface area contributed by atoms with Crippen LogP contribution >= 0.6 is 11.8 Å². The minimum absolute atomic E-state index is 0.195. The molecule has 3 aromatic carbocycles. The molecule has 4 aromatic rings. The molecular weight excluding hydrogens is 640 g/mol. The number of fused-ring (bicyclic) bond motifs is 1. The second-order valence-electron chi connectivity index (χ2n) is 10.4. The van der Waals surface area contributed by atoms with Crippen LogP contribution in [-0.2, 0) is 42.6 Å². The summed E-state index contributed by atoms with van der Waals surface area (Å²) in [6.07, 6.45) is -4.51. The number of carbonyl (C=O) groups excluding carboxylic acids is 1. The molecule has 0 saturated carbocycles. The van der Waals surface area contributed by atoms with E-state index in [4.69, 9.17) is 20.6 Å². The van der Waals surface area contributed by atoms with Gasteiger partial charge in [0.1, 0.15) is 12.4 Å². The zero-order valence-electron chi connectivity index (χ0n) is 43.0. The molecule has 0 saturated heterocycles. The Bertz CT molecular complexity index is 2570. The molecule has 0 atom stereocenters. The number of benzene rings is 3. The van der Waals surface area contributed by atoms with E-state index in [1.807, 2.05) is 0 Å². The highest BCUT2D eigenvalue weighted by molar-refractivity contribution is 7.98. The first-order chi connectivity index (χ1) is 29.7. The molecule has 0 bridgehead atoms. The Balaban J connectivity index is 1.70. The van der Waals surface area contributed by atoms with E-state index in [2.05, 4.69) is 4.98 Å². The Morgan fingerprint density at radius 2 is 1.69 bits per heavy atom. The summed E-state index contributed by atoms with van der Waals surface area (Å²) < 4.78 is 201. The van der Waals surface area contributed by atoms with Crippen LogP contribution in [0.1, 0.15) is 77.1 Å². The highest BCUT2D eigenvalue weighted by atomic mass is 32.2. The topological polar surface area (TPSA) is 58.4 Å². The van der Waals surface area contributed by atoms with Crippen molar-refractivity contribution in [3.63, 3.8) is 0 Å². The first-order valence-corrected chi connectivity index (χ1v) is 15.5. The lowest BCUT2D eigenvalue weighted by atomic mass is 9.98. The second kappa shape index (κ2) is 15.5. The van der Waals surface area contributed by atoms with Gasteiger partial charge < -0.3 is 14.4 Å². The summed E-state index contributed by atoms with van der Waals surface area (Å²) in [5, 5.41) is -0.220. The summed E-state index contributed by atoms with van der Waals surface area (Å²) >= 11 is 0.681. The van der Waals surface area contributed by atoms with Crippen molar-refractivity contribution < 1.29 is 45.7 Å². The normalized spacial score (nSPS) is 18.8. The first kappa shape index (κ1) is 19.3. The quantitative estimate of drug-likeness (QED) is 0.0822. The van der Waals surface area contributed by atoms with Gasteiger partial charge in [-0.15, -0.1) is 0 Å². The maximum atomic E-state index is 14.8. The molecule has 0 spiro atoms. The van der Waals surface area contributed by atoms with Gasteiger partial charge in [-0.05, 0) is 91.2 Å². The maximum absolute atomic E-state index is 14.8. The van der Waals surface area contributed by atoms with Gasteiger partial charge in [-0.3, -0.25) is 9.59 Å². The molecule has 5 rings (SSSR count). The average molecular weight is 698 g/mol. The summed E-state index contributed by atoms with van der Waals surface area (Å²) in [5.74, 6) is -3.01. The van der Waals surface area contributed by atoms with Crippen LogP contribution in [0.15, 0.2) is 76.4 Å². The van der Waals surface area contributed by atoms with Crippen LogP contribution in [0.5, 0.6) is 0 Å². The van der Waals surface area contributed by atoms with Crippen LogP contribution < -0.4 is 5.56 Å².